The van der Waals surface area contributed by atoms with Crippen LogP contribution in [-0.2, 0) is 0 Å². The van der Waals surface area contributed by atoms with Crippen LogP contribution in [0.25, 0.3) is 86.3 Å². The van der Waals surface area contributed by atoms with E-state index in [4.69, 9.17) is 8.83 Å². The van der Waals surface area contributed by atoms with Crippen LogP contribution in [0.2, 0.25) is 0 Å². The zero-order chi connectivity index (χ0) is 34.2. The summed E-state index contributed by atoms with van der Waals surface area (Å²) < 4.78 is 15.8. The second-order valence-corrected chi connectivity index (χ2v) is 14.3. The molecule has 0 spiro atoms. The number of fused-ring (bicyclic) bond motifs is 9. The van der Waals surface area contributed by atoms with Crippen LogP contribution >= 0.6 is 11.3 Å². The fourth-order valence-corrected chi connectivity index (χ4v) is 9.03. The van der Waals surface area contributed by atoms with E-state index in [-0.39, 0.29) is 0 Å². The van der Waals surface area contributed by atoms with Crippen molar-refractivity contribution in [3.63, 3.8) is 0 Å². The molecule has 0 unspecified atom stereocenters. The molecular formula is C48H29NO2S. The summed E-state index contributed by atoms with van der Waals surface area (Å²) in [6.45, 7) is 0. The highest BCUT2D eigenvalue weighted by molar-refractivity contribution is 7.25. The first-order valence-corrected chi connectivity index (χ1v) is 18.3. The van der Waals surface area contributed by atoms with Gasteiger partial charge < -0.3 is 13.7 Å². The molecule has 0 saturated carbocycles. The summed E-state index contributed by atoms with van der Waals surface area (Å²) in [5.41, 5.74) is 11.3. The minimum absolute atomic E-state index is 0.855. The predicted octanol–water partition coefficient (Wildman–Crippen LogP) is 14.7. The van der Waals surface area contributed by atoms with E-state index in [9.17, 15) is 0 Å². The average molecular weight is 684 g/mol. The minimum atomic E-state index is 0.855. The molecule has 0 saturated heterocycles. The lowest BCUT2D eigenvalue weighted by Gasteiger charge is -2.27. The average Bonchev–Trinajstić information content (AvgIpc) is 3.90. The Labute approximate surface area is 303 Å². The van der Waals surface area contributed by atoms with Crippen LogP contribution in [0.3, 0.4) is 0 Å². The first-order chi connectivity index (χ1) is 25.8. The number of furan rings is 2. The van der Waals surface area contributed by atoms with E-state index in [2.05, 4.69) is 163 Å². The quantitative estimate of drug-likeness (QED) is 0.181. The van der Waals surface area contributed by atoms with Crippen molar-refractivity contribution < 1.29 is 8.83 Å². The number of anilines is 3. The van der Waals surface area contributed by atoms with Gasteiger partial charge >= 0.3 is 0 Å². The molecule has 8 aromatic carbocycles. The van der Waals surface area contributed by atoms with Gasteiger partial charge in [-0.1, -0.05) is 115 Å². The summed E-state index contributed by atoms with van der Waals surface area (Å²) in [7, 11) is 0. The number of rotatable bonds is 5. The molecule has 0 atom stereocenters. The highest BCUT2D eigenvalue weighted by Crippen LogP contribution is 2.50. The first-order valence-electron chi connectivity index (χ1n) is 17.5. The van der Waals surface area contributed by atoms with Gasteiger partial charge in [0.05, 0.1) is 22.1 Å². The molecular weight excluding hydrogens is 655 g/mol. The Kier molecular flexibility index (Phi) is 6.42. The van der Waals surface area contributed by atoms with Crippen molar-refractivity contribution in [3.05, 3.63) is 176 Å². The third-order valence-corrected chi connectivity index (χ3v) is 11.4. The van der Waals surface area contributed by atoms with Crippen LogP contribution in [0, 0.1) is 0 Å². The zero-order valence-corrected chi connectivity index (χ0v) is 28.7. The number of thiophene rings is 1. The van der Waals surface area contributed by atoms with E-state index in [1.54, 1.807) is 0 Å². The van der Waals surface area contributed by atoms with Crippen LogP contribution < -0.4 is 4.90 Å². The van der Waals surface area contributed by atoms with Gasteiger partial charge in [-0.05, 0) is 77.4 Å². The highest BCUT2D eigenvalue weighted by Gasteiger charge is 2.25. The Hall–Kier alpha value is -6.62. The molecule has 0 N–H and O–H groups in total. The van der Waals surface area contributed by atoms with E-state index < -0.39 is 0 Å². The standard InChI is InChI=1S/C48H29NO2S/c1-3-12-30(13-4-1)32-22-24-35-38-29-33(23-27-44(38)52-45(35)28-32)49(39-18-11-21-43-46(39)36-16-7-9-19-41(36)50-43)40-26-25-34(31-14-5-2-6-15-31)48-47(40)37-17-8-10-20-42(37)51-48/h1-29H. The summed E-state index contributed by atoms with van der Waals surface area (Å²) in [5.74, 6) is 0. The third kappa shape index (κ3) is 4.45. The van der Waals surface area contributed by atoms with Gasteiger partial charge in [-0.3, -0.25) is 0 Å². The largest absolute Gasteiger partial charge is 0.456 e. The number of para-hydroxylation sites is 2. The molecule has 0 bridgehead atoms. The van der Waals surface area contributed by atoms with Crippen molar-refractivity contribution in [2.45, 2.75) is 0 Å². The first kappa shape index (κ1) is 29.1. The van der Waals surface area contributed by atoms with Crippen LogP contribution in [0.4, 0.5) is 17.1 Å². The zero-order valence-electron chi connectivity index (χ0n) is 27.9. The molecule has 3 aromatic heterocycles. The highest BCUT2D eigenvalue weighted by atomic mass is 32.1. The molecule has 0 radical (unpaired) electrons. The molecule has 0 amide bonds. The maximum atomic E-state index is 6.76. The lowest BCUT2D eigenvalue weighted by Crippen LogP contribution is -2.11. The molecule has 52 heavy (non-hydrogen) atoms. The van der Waals surface area contributed by atoms with Gasteiger partial charge in [-0.15, -0.1) is 11.3 Å². The Morgan fingerprint density at radius 2 is 1.06 bits per heavy atom. The number of hydrogen-bond donors (Lipinski definition) is 0. The second kappa shape index (κ2) is 11.5. The number of nitrogens with zero attached hydrogens (tertiary/aromatic N) is 1. The summed E-state index contributed by atoms with van der Waals surface area (Å²) in [6.07, 6.45) is 0. The van der Waals surface area contributed by atoms with E-state index in [0.29, 0.717) is 0 Å². The molecule has 11 rings (SSSR count). The van der Waals surface area contributed by atoms with Crippen LogP contribution in [0.15, 0.2) is 185 Å². The van der Waals surface area contributed by atoms with Gasteiger partial charge in [-0.25, -0.2) is 0 Å². The Morgan fingerprint density at radius 3 is 1.87 bits per heavy atom. The molecule has 3 heterocycles. The summed E-state index contributed by atoms with van der Waals surface area (Å²) in [4.78, 5) is 2.41. The SMILES string of the molecule is c1ccc(-c2ccc3c(c2)sc2ccc(N(c4cccc5oc6ccccc6c45)c4ccc(-c5ccccc5)c5oc6ccccc6c45)cc23)cc1. The minimum Gasteiger partial charge on any atom is -0.456 e. The van der Waals surface area contributed by atoms with Crippen molar-refractivity contribution >= 4 is 92.4 Å². The molecule has 4 heteroatoms. The normalized spacial score (nSPS) is 11.8. The second-order valence-electron chi connectivity index (χ2n) is 13.2. The Morgan fingerprint density at radius 1 is 0.385 bits per heavy atom. The molecule has 11 aromatic rings. The van der Waals surface area contributed by atoms with Gasteiger partial charge in [0.25, 0.3) is 0 Å². The lowest BCUT2D eigenvalue weighted by atomic mass is 9.99. The molecule has 0 aliphatic heterocycles. The van der Waals surface area contributed by atoms with Gasteiger partial charge in [-0.2, -0.15) is 0 Å². The molecule has 0 aliphatic rings. The predicted molar refractivity (Wildman–Crippen MR) is 219 cm³/mol. The van der Waals surface area contributed by atoms with Gasteiger partial charge in [0.2, 0.25) is 0 Å². The van der Waals surface area contributed by atoms with E-state index >= 15 is 0 Å². The monoisotopic (exact) mass is 683 g/mol. The number of hydrogen-bond acceptors (Lipinski definition) is 4. The van der Waals surface area contributed by atoms with Crippen molar-refractivity contribution in [2.24, 2.45) is 0 Å². The van der Waals surface area contributed by atoms with Crippen LogP contribution in [0.1, 0.15) is 0 Å². The fourth-order valence-electron chi connectivity index (χ4n) is 7.91. The molecule has 244 valence electrons. The maximum absolute atomic E-state index is 6.76. The maximum Gasteiger partial charge on any atom is 0.145 e. The number of benzene rings is 8. The molecule has 3 nitrogen and oxygen atoms in total. The molecule has 0 aliphatic carbocycles. The lowest BCUT2D eigenvalue weighted by molar-refractivity contribution is 0.669. The fraction of sp³-hybridized carbons (Fsp3) is 0. The molecule has 0 fully saturated rings. The van der Waals surface area contributed by atoms with Gasteiger partial charge in [0, 0.05) is 42.2 Å². The van der Waals surface area contributed by atoms with Crippen LogP contribution in [0.5, 0.6) is 0 Å². The smallest absolute Gasteiger partial charge is 0.145 e. The third-order valence-electron chi connectivity index (χ3n) is 10.3. The van der Waals surface area contributed by atoms with Crippen molar-refractivity contribution in [1.29, 1.82) is 0 Å². The van der Waals surface area contributed by atoms with E-state index in [1.165, 1.54) is 31.3 Å². The van der Waals surface area contributed by atoms with E-state index in [1.807, 2.05) is 29.5 Å². The van der Waals surface area contributed by atoms with Crippen LogP contribution in [-0.4, -0.2) is 0 Å². The Balaban J connectivity index is 1.21. The van der Waals surface area contributed by atoms with Crippen molar-refractivity contribution in [3.8, 4) is 22.3 Å². The van der Waals surface area contributed by atoms with Gasteiger partial charge in [0.1, 0.15) is 22.3 Å². The van der Waals surface area contributed by atoms with Crippen molar-refractivity contribution in [1.82, 2.24) is 0 Å². The Bertz CT molecular complexity index is 3130. The summed E-state index contributed by atoms with van der Waals surface area (Å²) in [6, 6.07) is 62.4. The van der Waals surface area contributed by atoms with Crippen molar-refractivity contribution in [2.75, 3.05) is 4.90 Å². The topological polar surface area (TPSA) is 29.5 Å². The summed E-state index contributed by atoms with van der Waals surface area (Å²) >= 11 is 1.85. The van der Waals surface area contributed by atoms with Gasteiger partial charge in [0.15, 0.2) is 0 Å². The van der Waals surface area contributed by atoms with E-state index in [0.717, 1.165) is 72.1 Å². The summed E-state index contributed by atoms with van der Waals surface area (Å²) in [5, 5.41) is 6.81.